The molecular weight excluding hydrogens is 142 g/mol. The highest BCUT2D eigenvalue weighted by molar-refractivity contribution is 7.10. The van der Waals surface area contributed by atoms with E-state index in [0.29, 0.717) is 0 Å². The summed E-state index contributed by atoms with van der Waals surface area (Å²) < 4.78 is 0. The molecule has 1 N–H and O–H groups in total. The maximum absolute atomic E-state index is 3.38. The minimum Gasteiger partial charge on any atom is -0.312 e. The molecule has 0 bridgehead atoms. The zero-order valence-electron chi connectivity index (χ0n) is 6.05. The van der Waals surface area contributed by atoms with Crippen LogP contribution in [0.25, 0.3) is 0 Å². The lowest BCUT2D eigenvalue weighted by molar-refractivity contribution is 0.581. The Morgan fingerprint density at radius 3 is 3.40 bits per heavy atom. The molecule has 1 aromatic rings. The summed E-state index contributed by atoms with van der Waals surface area (Å²) in [5, 5.41) is 5.57. The molecule has 1 atom stereocenters. The van der Waals surface area contributed by atoms with E-state index in [1.807, 2.05) is 11.3 Å². The van der Waals surface area contributed by atoms with Crippen molar-refractivity contribution in [3.05, 3.63) is 21.9 Å². The van der Waals surface area contributed by atoms with Crippen LogP contribution in [0.15, 0.2) is 11.4 Å². The number of hydrogen-bond donors (Lipinski definition) is 1. The average molecular weight is 153 g/mol. The molecule has 0 aromatic carbocycles. The van der Waals surface area contributed by atoms with E-state index in [4.69, 9.17) is 0 Å². The molecule has 2 heteroatoms. The first-order valence-corrected chi connectivity index (χ1v) is 4.53. The van der Waals surface area contributed by atoms with Gasteiger partial charge in [0.2, 0.25) is 0 Å². The molecule has 2 heterocycles. The Morgan fingerprint density at radius 2 is 2.60 bits per heavy atom. The summed E-state index contributed by atoms with van der Waals surface area (Å²) in [4.78, 5) is 1.58. The summed E-state index contributed by atoms with van der Waals surface area (Å²) in [5.41, 5.74) is 1.50. The lowest BCUT2D eigenvalue weighted by Crippen LogP contribution is -2.24. The van der Waals surface area contributed by atoms with Gasteiger partial charge in [0.05, 0.1) is 0 Å². The molecule has 1 aromatic heterocycles. The van der Waals surface area contributed by atoms with Crippen LogP contribution in [0.1, 0.15) is 23.3 Å². The molecule has 2 rings (SSSR count). The van der Waals surface area contributed by atoms with Gasteiger partial charge in [-0.15, -0.1) is 11.3 Å². The first-order chi connectivity index (χ1) is 4.88. The van der Waals surface area contributed by atoms with Gasteiger partial charge in [0.15, 0.2) is 0 Å². The van der Waals surface area contributed by atoms with Crippen molar-refractivity contribution in [2.45, 2.75) is 19.4 Å². The van der Waals surface area contributed by atoms with E-state index in [1.54, 1.807) is 4.88 Å². The molecule has 0 radical (unpaired) electrons. The summed E-state index contributed by atoms with van der Waals surface area (Å²) in [6.45, 7) is 4.50. The van der Waals surface area contributed by atoms with Gasteiger partial charge in [0, 0.05) is 23.9 Å². The van der Waals surface area contributed by atoms with Gasteiger partial charge in [-0.05, 0) is 17.0 Å². The van der Waals surface area contributed by atoms with Crippen molar-refractivity contribution >= 4 is 11.3 Å². The maximum Gasteiger partial charge on any atom is 0.0216 e. The monoisotopic (exact) mass is 153 g/mol. The minimum atomic E-state index is 0.726. The Bertz CT molecular complexity index is 229. The maximum atomic E-state index is 3.38. The Hall–Kier alpha value is -0.340. The van der Waals surface area contributed by atoms with Crippen molar-refractivity contribution in [3.8, 4) is 0 Å². The van der Waals surface area contributed by atoms with Gasteiger partial charge >= 0.3 is 0 Å². The van der Waals surface area contributed by atoms with Crippen LogP contribution >= 0.6 is 11.3 Å². The highest BCUT2D eigenvalue weighted by Gasteiger charge is 2.15. The van der Waals surface area contributed by atoms with Crippen LogP contribution in [-0.2, 0) is 6.54 Å². The van der Waals surface area contributed by atoms with E-state index in [9.17, 15) is 0 Å². The molecule has 54 valence electrons. The standard InChI is InChI=1S/C8H11NS/c1-6-4-9-5-7-2-3-10-8(6)7/h2-3,6,9H,4-5H2,1H3. The lowest BCUT2D eigenvalue weighted by atomic mass is 10.0. The summed E-state index contributed by atoms with van der Waals surface area (Å²) in [5.74, 6) is 0.726. The molecule has 0 saturated heterocycles. The van der Waals surface area contributed by atoms with Gasteiger partial charge < -0.3 is 5.32 Å². The van der Waals surface area contributed by atoms with Crippen molar-refractivity contribution in [2.75, 3.05) is 6.54 Å². The topological polar surface area (TPSA) is 12.0 Å². The molecular formula is C8H11NS. The first-order valence-electron chi connectivity index (χ1n) is 3.65. The Labute approximate surface area is 65.1 Å². The highest BCUT2D eigenvalue weighted by Crippen LogP contribution is 2.28. The number of thiophene rings is 1. The highest BCUT2D eigenvalue weighted by atomic mass is 32.1. The third-order valence-electron chi connectivity index (χ3n) is 1.99. The van der Waals surface area contributed by atoms with Crippen LogP contribution in [0.3, 0.4) is 0 Å². The van der Waals surface area contributed by atoms with Crippen LogP contribution in [-0.4, -0.2) is 6.54 Å². The third-order valence-corrected chi connectivity index (χ3v) is 3.18. The van der Waals surface area contributed by atoms with E-state index >= 15 is 0 Å². The number of hydrogen-bond acceptors (Lipinski definition) is 2. The van der Waals surface area contributed by atoms with E-state index in [-0.39, 0.29) is 0 Å². The summed E-state index contributed by atoms with van der Waals surface area (Å²) in [6.07, 6.45) is 0. The van der Waals surface area contributed by atoms with Crippen molar-refractivity contribution in [1.82, 2.24) is 5.32 Å². The zero-order valence-corrected chi connectivity index (χ0v) is 6.87. The molecule has 10 heavy (non-hydrogen) atoms. The smallest absolute Gasteiger partial charge is 0.0216 e. The largest absolute Gasteiger partial charge is 0.312 e. The average Bonchev–Trinajstić information content (AvgIpc) is 2.36. The van der Waals surface area contributed by atoms with Crippen LogP contribution in [0.5, 0.6) is 0 Å². The molecule has 0 aliphatic carbocycles. The normalized spacial score (nSPS) is 24.3. The fraction of sp³-hybridized carbons (Fsp3) is 0.500. The second kappa shape index (κ2) is 2.36. The Balaban J connectivity index is 2.41. The van der Waals surface area contributed by atoms with Crippen molar-refractivity contribution in [1.29, 1.82) is 0 Å². The fourth-order valence-corrected chi connectivity index (χ4v) is 2.43. The summed E-state index contributed by atoms with van der Waals surface area (Å²) >= 11 is 1.89. The van der Waals surface area contributed by atoms with Crippen molar-refractivity contribution in [3.63, 3.8) is 0 Å². The SMILES string of the molecule is CC1CNCc2ccsc21. The number of nitrogens with one attached hydrogen (secondary N) is 1. The van der Waals surface area contributed by atoms with Crippen LogP contribution in [0.4, 0.5) is 0 Å². The molecule has 1 nitrogen and oxygen atoms in total. The predicted octanol–water partition coefficient (Wildman–Crippen LogP) is 1.95. The van der Waals surface area contributed by atoms with Gasteiger partial charge in [-0.3, -0.25) is 0 Å². The summed E-state index contributed by atoms with van der Waals surface area (Å²) in [6, 6.07) is 2.22. The summed E-state index contributed by atoms with van der Waals surface area (Å²) in [7, 11) is 0. The van der Waals surface area contributed by atoms with Crippen molar-refractivity contribution < 1.29 is 0 Å². The molecule has 0 amide bonds. The molecule has 0 spiro atoms. The first kappa shape index (κ1) is 6.38. The van der Waals surface area contributed by atoms with Gasteiger partial charge in [0.25, 0.3) is 0 Å². The Morgan fingerprint density at radius 1 is 1.70 bits per heavy atom. The predicted molar refractivity (Wildman–Crippen MR) is 44.4 cm³/mol. The third kappa shape index (κ3) is 0.879. The van der Waals surface area contributed by atoms with Gasteiger partial charge in [-0.25, -0.2) is 0 Å². The van der Waals surface area contributed by atoms with E-state index in [2.05, 4.69) is 23.7 Å². The van der Waals surface area contributed by atoms with Crippen LogP contribution < -0.4 is 5.32 Å². The van der Waals surface area contributed by atoms with Gasteiger partial charge in [-0.2, -0.15) is 0 Å². The fourth-order valence-electron chi connectivity index (χ4n) is 1.44. The second-order valence-electron chi connectivity index (χ2n) is 2.84. The number of rotatable bonds is 0. The van der Waals surface area contributed by atoms with Gasteiger partial charge in [0.1, 0.15) is 0 Å². The molecule has 1 unspecified atom stereocenters. The van der Waals surface area contributed by atoms with E-state index in [1.165, 1.54) is 5.56 Å². The zero-order chi connectivity index (χ0) is 6.97. The Kier molecular flexibility index (Phi) is 1.51. The minimum absolute atomic E-state index is 0.726. The quantitative estimate of drug-likeness (QED) is 0.600. The molecule has 1 aliphatic rings. The lowest BCUT2D eigenvalue weighted by Gasteiger charge is -2.18. The molecule has 0 saturated carbocycles. The molecule has 0 fully saturated rings. The second-order valence-corrected chi connectivity index (χ2v) is 3.79. The van der Waals surface area contributed by atoms with E-state index < -0.39 is 0 Å². The van der Waals surface area contributed by atoms with Crippen LogP contribution in [0.2, 0.25) is 0 Å². The van der Waals surface area contributed by atoms with Crippen molar-refractivity contribution in [2.24, 2.45) is 0 Å². The molecule has 1 aliphatic heterocycles. The van der Waals surface area contributed by atoms with E-state index in [0.717, 1.165) is 19.0 Å². The number of fused-ring (bicyclic) bond motifs is 1. The van der Waals surface area contributed by atoms with Crippen LogP contribution in [0, 0.1) is 0 Å². The van der Waals surface area contributed by atoms with Gasteiger partial charge in [-0.1, -0.05) is 6.92 Å².